The Hall–Kier alpha value is -0.600. The van der Waals surface area contributed by atoms with Crippen molar-refractivity contribution >= 4 is 11.6 Å². The highest BCUT2D eigenvalue weighted by Crippen LogP contribution is 2.32. The van der Waals surface area contributed by atoms with Gasteiger partial charge in [-0.3, -0.25) is 0 Å². The number of hydrogen-bond acceptors (Lipinski definition) is 1. The first-order valence-electron chi connectivity index (χ1n) is 7.22. The predicted molar refractivity (Wildman–Crippen MR) is 81.3 cm³/mol. The Kier molecular flexibility index (Phi) is 6.81. The second-order valence-electron chi connectivity index (χ2n) is 5.27. The van der Waals surface area contributed by atoms with Gasteiger partial charge < -0.3 is 5.32 Å². The van der Waals surface area contributed by atoms with Crippen LogP contribution >= 0.6 is 11.6 Å². The van der Waals surface area contributed by atoms with Crippen molar-refractivity contribution in [2.24, 2.45) is 5.41 Å². The third-order valence-corrected chi connectivity index (χ3v) is 4.32. The molecule has 1 aromatic rings. The first kappa shape index (κ1) is 16.5. The van der Waals surface area contributed by atoms with E-state index in [9.17, 15) is 4.39 Å². The van der Waals surface area contributed by atoms with Crippen LogP contribution in [-0.2, 0) is 6.42 Å². The van der Waals surface area contributed by atoms with Crippen molar-refractivity contribution < 1.29 is 4.39 Å². The summed E-state index contributed by atoms with van der Waals surface area (Å²) in [6, 6.07) is 5.28. The Morgan fingerprint density at radius 3 is 2.47 bits per heavy atom. The molecule has 0 aliphatic heterocycles. The zero-order chi connectivity index (χ0) is 14.3. The van der Waals surface area contributed by atoms with Gasteiger partial charge in [0.1, 0.15) is 5.82 Å². The molecule has 1 aromatic carbocycles. The van der Waals surface area contributed by atoms with Crippen molar-refractivity contribution in [1.29, 1.82) is 0 Å². The van der Waals surface area contributed by atoms with Gasteiger partial charge in [-0.25, -0.2) is 4.39 Å². The molecule has 0 spiro atoms. The Labute approximate surface area is 121 Å². The Morgan fingerprint density at radius 2 is 1.89 bits per heavy atom. The molecule has 0 saturated carbocycles. The fraction of sp³-hybridized carbons (Fsp3) is 0.625. The van der Waals surface area contributed by atoms with Crippen LogP contribution in [-0.4, -0.2) is 13.1 Å². The van der Waals surface area contributed by atoms with Crippen molar-refractivity contribution in [2.45, 2.75) is 46.5 Å². The lowest BCUT2D eigenvalue weighted by Gasteiger charge is -2.32. The van der Waals surface area contributed by atoms with E-state index in [2.05, 4.69) is 26.1 Å². The van der Waals surface area contributed by atoms with Crippen LogP contribution in [0.2, 0.25) is 5.02 Å². The first-order valence-corrected chi connectivity index (χ1v) is 7.60. The van der Waals surface area contributed by atoms with Crippen LogP contribution in [0, 0.1) is 11.2 Å². The molecule has 0 unspecified atom stereocenters. The lowest BCUT2D eigenvalue weighted by Crippen LogP contribution is -2.36. The number of rotatable bonds is 8. The molecule has 0 aliphatic rings. The van der Waals surface area contributed by atoms with Gasteiger partial charge in [0.2, 0.25) is 0 Å². The molecule has 0 saturated heterocycles. The molecule has 0 aliphatic carbocycles. The molecule has 1 rings (SSSR count). The van der Waals surface area contributed by atoms with Crippen LogP contribution in [0.3, 0.4) is 0 Å². The van der Waals surface area contributed by atoms with E-state index in [-0.39, 0.29) is 16.3 Å². The molecular formula is C16H25ClFN. The van der Waals surface area contributed by atoms with E-state index in [0.717, 1.165) is 44.3 Å². The van der Waals surface area contributed by atoms with Gasteiger partial charge in [-0.2, -0.15) is 0 Å². The zero-order valence-corrected chi connectivity index (χ0v) is 13.0. The van der Waals surface area contributed by atoms with Gasteiger partial charge >= 0.3 is 0 Å². The van der Waals surface area contributed by atoms with Gasteiger partial charge in [0.25, 0.3) is 0 Å². The first-order chi connectivity index (χ1) is 9.08. The summed E-state index contributed by atoms with van der Waals surface area (Å²) in [5, 5.41) is 3.70. The quantitative estimate of drug-likeness (QED) is 0.675. The largest absolute Gasteiger partial charge is 0.316 e. The molecule has 0 aromatic heterocycles. The average Bonchev–Trinajstić information content (AvgIpc) is 2.43. The Morgan fingerprint density at radius 1 is 1.21 bits per heavy atom. The fourth-order valence-corrected chi connectivity index (χ4v) is 2.63. The van der Waals surface area contributed by atoms with E-state index in [1.54, 1.807) is 6.07 Å². The topological polar surface area (TPSA) is 12.0 Å². The summed E-state index contributed by atoms with van der Waals surface area (Å²) in [7, 11) is 0. The molecule has 0 bridgehead atoms. The molecular weight excluding hydrogens is 261 g/mol. The highest BCUT2D eigenvalue weighted by molar-refractivity contribution is 6.30. The zero-order valence-electron chi connectivity index (χ0n) is 12.2. The van der Waals surface area contributed by atoms with Gasteiger partial charge in [-0.15, -0.1) is 0 Å². The monoisotopic (exact) mass is 285 g/mol. The standard InChI is InChI=1S/C16H25ClFN/c1-4-10-19-12-16(5-2,6-3)11-13-8-7-9-14(17)15(13)18/h7-9,19H,4-6,10-12H2,1-3H3. The molecule has 1 N–H and O–H groups in total. The highest BCUT2D eigenvalue weighted by atomic mass is 35.5. The molecule has 0 atom stereocenters. The Balaban J connectivity index is 2.85. The Bertz CT molecular complexity index is 388. The van der Waals surface area contributed by atoms with Gasteiger partial charge in [0.05, 0.1) is 5.02 Å². The van der Waals surface area contributed by atoms with E-state index in [0.29, 0.717) is 0 Å². The SMILES string of the molecule is CCCNCC(CC)(CC)Cc1cccc(Cl)c1F. The third-order valence-electron chi connectivity index (χ3n) is 4.02. The predicted octanol–water partition coefficient (Wildman–Crippen LogP) is 4.83. The highest BCUT2D eigenvalue weighted by Gasteiger charge is 2.27. The molecule has 1 nitrogen and oxygen atoms in total. The van der Waals surface area contributed by atoms with Crippen LogP contribution in [0.15, 0.2) is 18.2 Å². The van der Waals surface area contributed by atoms with Gasteiger partial charge in [0.15, 0.2) is 0 Å². The second-order valence-corrected chi connectivity index (χ2v) is 5.68. The maximum Gasteiger partial charge on any atom is 0.144 e. The number of halogens is 2. The summed E-state index contributed by atoms with van der Waals surface area (Å²) in [4.78, 5) is 0. The van der Waals surface area contributed by atoms with Gasteiger partial charge in [-0.1, -0.05) is 44.5 Å². The molecule has 0 fully saturated rings. The van der Waals surface area contributed by atoms with E-state index in [1.165, 1.54) is 0 Å². The smallest absolute Gasteiger partial charge is 0.144 e. The van der Waals surface area contributed by atoms with Crippen molar-refractivity contribution in [3.8, 4) is 0 Å². The van der Waals surface area contributed by atoms with Crippen LogP contribution in [0.1, 0.15) is 45.6 Å². The van der Waals surface area contributed by atoms with Crippen molar-refractivity contribution in [3.63, 3.8) is 0 Å². The van der Waals surface area contributed by atoms with Crippen LogP contribution in [0.4, 0.5) is 4.39 Å². The third kappa shape index (κ3) is 4.47. The van der Waals surface area contributed by atoms with Gasteiger partial charge in [-0.05, 0) is 49.3 Å². The summed E-state index contributed by atoms with van der Waals surface area (Å²) in [6.07, 6.45) is 3.93. The maximum absolute atomic E-state index is 14.0. The van der Waals surface area contributed by atoms with Crippen LogP contribution < -0.4 is 5.32 Å². The summed E-state index contributed by atoms with van der Waals surface area (Å²) in [5.74, 6) is -0.258. The average molecular weight is 286 g/mol. The molecule has 0 heterocycles. The van der Waals surface area contributed by atoms with Crippen LogP contribution in [0.25, 0.3) is 0 Å². The van der Waals surface area contributed by atoms with Gasteiger partial charge in [0, 0.05) is 6.54 Å². The lowest BCUT2D eigenvalue weighted by atomic mass is 9.76. The van der Waals surface area contributed by atoms with Crippen molar-refractivity contribution in [3.05, 3.63) is 34.6 Å². The van der Waals surface area contributed by atoms with E-state index in [1.807, 2.05) is 12.1 Å². The summed E-state index contributed by atoms with van der Waals surface area (Å²) in [5.41, 5.74) is 0.843. The molecule has 19 heavy (non-hydrogen) atoms. The van der Waals surface area contributed by atoms with Crippen molar-refractivity contribution in [2.75, 3.05) is 13.1 Å². The minimum absolute atomic E-state index is 0.112. The molecule has 108 valence electrons. The minimum Gasteiger partial charge on any atom is -0.316 e. The van der Waals surface area contributed by atoms with E-state index >= 15 is 0 Å². The summed E-state index contributed by atoms with van der Waals surface area (Å²) >= 11 is 5.87. The van der Waals surface area contributed by atoms with Crippen molar-refractivity contribution in [1.82, 2.24) is 5.32 Å². The van der Waals surface area contributed by atoms with E-state index < -0.39 is 0 Å². The number of benzene rings is 1. The second kappa shape index (κ2) is 7.86. The van der Waals surface area contributed by atoms with E-state index in [4.69, 9.17) is 11.6 Å². The summed E-state index contributed by atoms with van der Waals surface area (Å²) in [6.45, 7) is 8.46. The minimum atomic E-state index is -0.258. The van der Waals surface area contributed by atoms with Crippen LogP contribution in [0.5, 0.6) is 0 Å². The lowest BCUT2D eigenvalue weighted by molar-refractivity contribution is 0.244. The maximum atomic E-state index is 14.0. The number of hydrogen-bond donors (Lipinski definition) is 1. The molecule has 3 heteroatoms. The molecule has 0 amide bonds. The normalized spacial score (nSPS) is 11.8. The molecule has 0 radical (unpaired) electrons. The number of nitrogens with one attached hydrogen (secondary N) is 1. The fourth-order valence-electron chi connectivity index (χ4n) is 2.43. The summed E-state index contributed by atoms with van der Waals surface area (Å²) < 4.78 is 14.0.